The van der Waals surface area contributed by atoms with Crippen molar-refractivity contribution < 1.29 is 14.9 Å². The van der Waals surface area contributed by atoms with Gasteiger partial charge in [-0.25, -0.2) is 4.98 Å². The number of ether oxygens (including phenoxy) is 1. The average Bonchev–Trinajstić information content (AvgIpc) is 2.71. The lowest BCUT2D eigenvalue weighted by Crippen LogP contribution is -2.12. The van der Waals surface area contributed by atoms with Gasteiger partial charge >= 0.3 is 0 Å². The third-order valence-corrected chi connectivity index (χ3v) is 4.55. The molecule has 146 valence electrons. The van der Waals surface area contributed by atoms with E-state index in [-0.39, 0.29) is 17.5 Å². The molecule has 1 atom stereocenters. The highest BCUT2D eigenvalue weighted by Gasteiger charge is 2.14. The number of rotatable bonds is 8. The molecule has 3 aromatic rings. The second kappa shape index (κ2) is 9.08. The molecule has 0 radical (unpaired) electrons. The molecule has 3 N–H and O–H groups in total. The molecule has 6 heteroatoms. The van der Waals surface area contributed by atoms with Crippen LogP contribution in [0.15, 0.2) is 54.9 Å². The number of unbranched alkanes of at least 4 members (excludes halogenated alkanes) is 1. The summed E-state index contributed by atoms with van der Waals surface area (Å²) in [7, 11) is 1.51. The van der Waals surface area contributed by atoms with Gasteiger partial charge in [0, 0.05) is 5.56 Å². The summed E-state index contributed by atoms with van der Waals surface area (Å²) in [6.45, 7) is 2.15. The first-order valence-corrected chi connectivity index (χ1v) is 9.35. The fourth-order valence-electron chi connectivity index (χ4n) is 3.06. The number of nitrogens with zero attached hydrogens (tertiary/aromatic N) is 2. The minimum Gasteiger partial charge on any atom is -0.508 e. The normalized spacial score (nSPS) is 11.8. The highest BCUT2D eigenvalue weighted by molar-refractivity contribution is 5.64. The van der Waals surface area contributed by atoms with Crippen molar-refractivity contribution in [2.75, 3.05) is 12.4 Å². The van der Waals surface area contributed by atoms with E-state index in [0.29, 0.717) is 17.3 Å². The third-order valence-electron chi connectivity index (χ3n) is 4.55. The Balaban J connectivity index is 1.87. The van der Waals surface area contributed by atoms with Crippen molar-refractivity contribution in [3.8, 4) is 28.5 Å². The molecule has 1 heterocycles. The van der Waals surface area contributed by atoms with Crippen LogP contribution >= 0.6 is 0 Å². The lowest BCUT2D eigenvalue weighted by atomic mass is 10.0. The van der Waals surface area contributed by atoms with Crippen molar-refractivity contribution in [2.24, 2.45) is 0 Å². The van der Waals surface area contributed by atoms with Gasteiger partial charge in [0.1, 0.15) is 11.6 Å². The highest BCUT2D eigenvalue weighted by Crippen LogP contribution is 2.31. The predicted octanol–water partition coefficient (Wildman–Crippen LogP) is 4.91. The summed E-state index contributed by atoms with van der Waals surface area (Å²) in [5, 5.41) is 23.1. The molecule has 6 nitrogen and oxygen atoms in total. The number of hydrogen-bond acceptors (Lipinski definition) is 6. The van der Waals surface area contributed by atoms with Crippen LogP contribution in [0.1, 0.15) is 37.8 Å². The first-order valence-electron chi connectivity index (χ1n) is 9.35. The maximum absolute atomic E-state index is 9.83. The summed E-state index contributed by atoms with van der Waals surface area (Å²) >= 11 is 0. The van der Waals surface area contributed by atoms with E-state index < -0.39 is 0 Å². The van der Waals surface area contributed by atoms with E-state index in [2.05, 4.69) is 22.2 Å². The highest BCUT2D eigenvalue weighted by atomic mass is 16.5. The third kappa shape index (κ3) is 4.71. The summed E-state index contributed by atoms with van der Waals surface area (Å²) in [4.78, 5) is 8.98. The van der Waals surface area contributed by atoms with Crippen LogP contribution in [-0.4, -0.2) is 27.3 Å². The second-order valence-corrected chi connectivity index (χ2v) is 6.61. The molecule has 2 aromatic carbocycles. The maximum atomic E-state index is 9.83. The minimum atomic E-state index is 0.0194. The molecule has 0 saturated carbocycles. The Labute approximate surface area is 164 Å². The zero-order valence-corrected chi connectivity index (χ0v) is 16.1. The number of methoxy groups -OCH3 is 1. The summed E-state index contributed by atoms with van der Waals surface area (Å²) in [6.07, 6.45) is 6.40. The monoisotopic (exact) mass is 379 g/mol. The van der Waals surface area contributed by atoms with Gasteiger partial charge in [0.15, 0.2) is 11.5 Å². The fraction of sp³-hybridized carbons (Fsp3) is 0.273. The van der Waals surface area contributed by atoms with Crippen molar-refractivity contribution in [1.82, 2.24) is 9.97 Å². The Morgan fingerprint density at radius 1 is 1.11 bits per heavy atom. The van der Waals surface area contributed by atoms with E-state index in [1.165, 1.54) is 7.11 Å². The van der Waals surface area contributed by atoms with Crippen LogP contribution < -0.4 is 10.1 Å². The van der Waals surface area contributed by atoms with Crippen molar-refractivity contribution in [3.05, 3.63) is 60.4 Å². The molecular formula is C22H25N3O3. The second-order valence-electron chi connectivity index (χ2n) is 6.61. The Morgan fingerprint density at radius 2 is 1.96 bits per heavy atom. The Hall–Kier alpha value is -3.28. The van der Waals surface area contributed by atoms with Crippen LogP contribution in [-0.2, 0) is 0 Å². The van der Waals surface area contributed by atoms with Gasteiger partial charge in [-0.3, -0.25) is 4.98 Å². The molecule has 28 heavy (non-hydrogen) atoms. The van der Waals surface area contributed by atoms with Gasteiger partial charge in [0.25, 0.3) is 0 Å². The zero-order chi connectivity index (χ0) is 19.9. The molecule has 3 rings (SSSR count). The molecule has 0 amide bonds. The molecular weight excluding hydrogens is 354 g/mol. The summed E-state index contributed by atoms with van der Waals surface area (Å²) < 4.78 is 5.18. The smallest absolute Gasteiger partial charge is 0.161 e. The number of aromatic nitrogens is 2. The maximum Gasteiger partial charge on any atom is 0.161 e. The number of hydrogen-bond donors (Lipinski definition) is 3. The van der Waals surface area contributed by atoms with E-state index >= 15 is 0 Å². The topological polar surface area (TPSA) is 87.5 Å². The number of anilines is 1. The largest absolute Gasteiger partial charge is 0.508 e. The van der Waals surface area contributed by atoms with Gasteiger partial charge < -0.3 is 20.3 Å². The van der Waals surface area contributed by atoms with E-state index in [4.69, 9.17) is 4.74 Å². The number of benzene rings is 2. The summed E-state index contributed by atoms with van der Waals surface area (Å²) in [5.74, 6) is 1.36. The fourth-order valence-corrected chi connectivity index (χ4v) is 3.06. The Morgan fingerprint density at radius 3 is 2.71 bits per heavy atom. The standard InChI is InChI=1S/C22H25N3O3/c1-3-4-8-18(15-6-5-7-17(26)11-15)24-22-14-23-13-19(25-22)16-9-10-20(27)21(12-16)28-2/h5-7,9-14,18,26-27H,3-4,8H2,1-2H3,(H,24,25)/t18-/m1/s1. The van der Waals surface area contributed by atoms with E-state index in [1.54, 1.807) is 42.7 Å². The molecule has 0 aliphatic heterocycles. The SMILES string of the molecule is CCCC[C@@H](Nc1cncc(-c2ccc(O)c(OC)c2)n1)c1cccc(O)c1. The van der Waals surface area contributed by atoms with Crippen LogP contribution in [0, 0.1) is 0 Å². The minimum absolute atomic E-state index is 0.0194. The van der Waals surface area contributed by atoms with E-state index in [0.717, 1.165) is 30.4 Å². The molecule has 0 unspecified atom stereocenters. The van der Waals surface area contributed by atoms with Gasteiger partial charge in [0.05, 0.1) is 31.2 Å². The van der Waals surface area contributed by atoms with Crippen LogP contribution in [0.2, 0.25) is 0 Å². The summed E-state index contributed by atoms with van der Waals surface area (Å²) in [5.41, 5.74) is 2.48. The number of phenols is 2. The van der Waals surface area contributed by atoms with Gasteiger partial charge in [-0.1, -0.05) is 31.9 Å². The number of phenolic OH excluding ortho intramolecular Hbond substituents is 2. The van der Waals surface area contributed by atoms with Gasteiger partial charge in [-0.2, -0.15) is 0 Å². The van der Waals surface area contributed by atoms with Gasteiger partial charge in [0.2, 0.25) is 0 Å². The lowest BCUT2D eigenvalue weighted by molar-refractivity contribution is 0.373. The molecule has 0 aliphatic carbocycles. The zero-order valence-electron chi connectivity index (χ0n) is 16.1. The van der Waals surface area contributed by atoms with Gasteiger partial charge in [-0.15, -0.1) is 0 Å². The average molecular weight is 379 g/mol. The van der Waals surface area contributed by atoms with E-state index in [9.17, 15) is 10.2 Å². The summed E-state index contributed by atoms with van der Waals surface area (Å²) in [6, 6.07) is 12.4. The van der Waals surface area contributed by atoms with Crippen LogP contribution in [0.25, 0.3) is 11.3 Å². The van der Waals surface area contributed by atoms with Crippen molar-refractivity contribution in [1.29, 1.82) is 0 Å². The molecule has 0 fully saturated rings. The number of aromatic hydroxyl groups is 2. The molecule has 0 spiro atoms. The van der Waals surface area contributed by atoms with Crippen LogP contribution in [0.3, 0.4) is 0 Å². The molecule has 0 bridgehead atoms. The number of nitrogens with one attached hydrogen (secondary N) is 1. The Bertz CT molecular complexity index is 930. The molecule has 0 aliphatic rings. The van der Waals surface area contributed by atoms with Crippen molar-refractivity contribution in [2.45, 2.75) is 32.2 Å². The van der Waals surface area contributed by atoms with Gasteiger partial charge in [-0.05, 0) is 42.3 Å². The first-order chi connectivity index (χ1) is 13.6. The first kappa shape index (κ1) is 19.5. The molecule has 0 saturated heterocycles. The van der Waals surface area contributed by atoms with Crippen LogP contribution in [0.4, 0.5) is 5.82 Å². The van der Waals surface area contributed by atoms with E-state index in [1.807, 2.05) is 12.1 Å². The molecule has 1 aromatic heterocycles. The Kier molecular flexibility index (Phi) is 6.32. The van der Waals surface area contributed by atoms with Crippen molar-refractivity contribution >= 4 is 5.82 Å². The van der Waals surface area contributed by atoms with Crippen molar-refractivity contribution in [3.63, 3.8) is 0 Å². The quantitative estimate of drug-likeness (QED) is 0.516. The lowest BCUT2D eigenvalue weighted by Gasteiger charge is -2.20. The van der Waals surface area contributed by atoms with Crippen LogP contribution in [0.5, 0.6) is 17.2 Å². The predicted molar refractivity (Wildman–Crippen MR) is 110 cm³/mol.